The fourth-order valence-corrected chi connectivity index (χ4v) is 3.46. The number of anilines is 2. The molecule has 1 aromatic heterocycles. The van der Waals surface area contributed by atoms with Gasteiger partial charge in [0.2, 0.25) is 16.9 Å². The lowest BCUT2D eigenvalue weighted by molar-refractivity contribution is -0.122. The highest BCUT2D eigenvalue weighted by atomic mass is 32.2. The number of aryl methyl sites for hydroxylation is 2. The highest BCUT2D eigenvalue weighted by molar-refractivity contribution is 8.01. The van der Waals surface area contributed by atoms with E-state index in [0.29, 0.717) is 9.47 Å². The smallest absolute Gasteiger partial charge is 0.243 e. The van der Waals surface area contributed by atoms with Crippen LogP contribution in [-0.4, -0.2) is 41.4 Å². The number of nitrogens with one attached hydrogen (secondary N) is 3. The fraction of sp³-hybridized carbons (Fsp3) is 0.333. The van der Waals surface area contributed by atoms with E-state index in [1.807, 2.05) is 32.0 Å². The number of hydrogen-bond acceptors (Lipinski definition) is 7. The number of hydrogen-bond donors (Lipinski definition) is 3. The highest BCUT2D eigenvalue weighted by Gasteiger charge is 2.10. The molecular formula is C15H19N5O2S2. The van der Waals surface area contributed by atoms with E-state index in [9.17, 15) is 9.59 Å². The molecular weight excluding hydrogens is 346 g/mol. The van der Waals surface area contributed by atoms with Gasteiger partial charge in [-0.1, -0.05) is 41.3 Å². The fourth-order valence-electron chi connectivity index (χ4n) is 1.92. The van der Waals surface area contributed by atoms with Crippen LogP contribution in [-0.2, 0) is 9.59 Å². The van der Waals surface area contributed by atoms with Gasteiger partial charge in [-0.2, -0.15) is 0 Å². The molecule has 9 heteroatoms. The Morgan fingerprint density at radius 3 is 2.50 bits per heavy atom. The van der Waals surface area contributed by atoms with Gasteiger partial charge >= 0.3 is 0 Å². The second-order valence-corrected chi connectivity index (χ2v) is 7.20. The Labute approximate surface area is 148 Å². The average molecular weight is 365 g/mol. The number of carbonyl (C=O) groups is 2. The van der Waals surface area contributed by atoms with Crippen molar-refractivity contribution in [3.8, 4) is 0 Å². The lowest BCUT2D eigenvalue weighted by Crippen LogP contribution is -2.34. The maximum Gasteiger partial charge on any atom is 0.243 e. The van der Waals surface area contributed by atoms with Crippen LogP contribution in [0.1, 0.15) is 11.1 Å². The lowest BCUT2D eigenvalue weighted by atomic mass is 10.1. The van der Waals surface area contributed by atoms with Crippen molar-refractivity contribution in [1.82, 2.24) is 15.5 Å². The normalized spacial score (nSPS) is 10.3. The van der Waals surface area contributed by atoms with E-state index in [2.05, 4.69) is 26.1 Å². The van der Waals surface area contributed by atoms with Crippen LogP contribution in [0.15, 0.2) is 22.5 Å². The molecule has 7 nitrogen and oxygen atoms in total. The highest BCUT2D eigenvalue weighted by Crippen LogP contribution is 2.24. The molecule has 0 aliphatic carbocycles. The van der Waals surface area contributed by atoms with Crippen molar-refractivity contribution in [2.45, 2.75) is 18.2 Å². The Balaban J connectivity index is 1.76. The quantitative estimate of drug-likeness (QED) is 0.650. The van der Waals surface area contributed by atoms with Crippen LogP contribution < -0.4 is 16.0 Å². The largest absolute Gasteiger partial charge is 0.363 e. The third-order valence-electron chi connectivity index (χ3n) is 3.14. The maximum absolute atomic E-state index is 12.0. The van der Waals surface area contributed by atoms with Gasteiger partial charge in [-0.05, 0) is 25.0 Å². The molecule has 0 aliphatic heterocycles. The molecule has 0 fully saturated rings. The van der Waals surface area contributed by atoms with E-state index in [1.165, 1.54) is 23.1 Å². The minimum Gasteiger partial charge on any atom is -0.363 e. The van der Waals surface area contributed by atoms with Gasteiger partial charge in [-0.15, -0.1) is 10.2 Å². The standard InChI is InChI=1S/C15H19N5O2S2/c1-9-5-4-6-10(2)13(9)18-11(21)7-17-12(22)8-23-15-20-19-14(16-3)24-15/h4-6H,7-8H2,1-3H3,(H,16,19)(H,17,22)(H,18,21). The lowest BCUT2D eigenvalue weighted by Gasteiger charge is -2.11. The summed E-state index contributed by atoms with van der Waals surface area (Å²) in [6.45, 7) is 3.80. The topological polar surface area (TPSA) is 96.0 Å². The van der Waals surface area contributed by atoms with Crippen LogP contribution in [0.25, 0.3) is 0 Å². The summed E-state index contributed by atoms with van der Waals surface area (Å²) in [6.07, 6.45) is 0. The first-order valence-corrected chi connectivity index (χ1v) is 9.06. The summed E-state index contributed by atoms with van der Waals surface area (Å²) in [5.74, 6) is -0.285. The number of thioether (sulfide) groups is 1. The number of rotatable bonds is 7. The van der Waals surface area contributed by atoms with Crippen LogP contribution in [0.5, 0.6) is 0 Å². The van der Waals surface area contributed by atoms with Crippen LogP contribution in [0.2, 0.25) is 0 Å². The van der Waals surface area contributed by atoms with Gasteiger partial charge < -0.3 is 16.0 Å². The molecule has 0 saturated carbocycles. The van der Waals surface area contributed by atoms with Gasteiger partial charge in [0.15, 0.2) is 4.34 Å². The van der Waals surface area contributed by atoms with Crippen molar-refractivity contribution >= 4 is 45.7 Å². The molecule has 128 valence electrons. The zero-order valence-electron chi connectivity index (χ0n) is 13.7. The van der Waals surface area contributed by atoms with Crippen LogP contribution in [0, 0.1) is 13.8 Å². The van der Waals surface area contributed by atoms with Crippen molar-refractivity contribution in [3.63, 3.8) is 0 Å². The predicted molar refractivity (Wildman–Crippen MR) is 97.7 cm³/mol. The second-order valence-electron chi connectivity index (χ2n) is 5.00. The van der Waals surface area contributed by atoms with Gasteiger partial charge in [-0.3, -0.25) is 9.59 Å². The monoisotopic (exact) mass is 365 g/mol. The Morgan fingerprint density at radius 2 is 1.88 bits per heavy atom. The first-order chi connectivity index (χ1) is 11.5. The Hall–Kier alpha value is -2.13. The van der Waals surface area contributed by atoms with Crippen molar-refractivity contribution in [3.05, 3.63) is 29.3 Å². The number of aromatic nitrogens is 2. The summed E-state index contributed by atoms with van der Waals surface area (Å²) < 4.78 is 0.703. The summed E-state index contributed by atoms with van der Waals surface area (Å²) in [5.41, 5.74) is 2.77. The van der Waals surface area contributed by atoms with E-state index in [-0.39, 0.29) is 24.1 Å². The molecule has 2 amide bonds. The summed E-state index contributed by atoms with van der Waals surface area (Å²) >= 11 is 2.66. The molecule has 0 bridgehead atoms. The maximum atomic E-state index is 12.0. The van der Waals surface area contributed by atoms with Gasteiger partial charge in [0.1, 0.15) is 0 Å². The molecule has 0 radical (unpaired) electrons. The zero-order chi connectivity index (χ0) is 17.5. The SMILES string of the molecule is CNc1nnc(SCC(=O)NCC(=O)Nc2c(C)cccc2C)s1. The van der Waals surface area contributed by atoms with Crippen LogP contribution in [0.4, 0.5) is 10.8 Å². The van der Waals surface area contributed by atoms with Crippen molar-refractivity contribution in [2.75, 3.05) is 30.0 Å². The number of para-hydroxylation sites is 1. The summed E-state index contributed by atoms with van der Waals surface area (Å²) in [4.78, 5) is 23.8. The molecule has 0 aliphatic rings. The Kier molecular flexibility index (Phi) is 6.56. The van der Waals surface area contributed by atoms with Crippen molar-refractivity contribution in [1.29, 1.82) is 0 Å². The summed E-state index contributed by atoms with van der Waals surface area (Å²) in [7, 11) is 1.76. The molecule has 1 aromatic carbocycles. The summed E-state index contributed by atoms with van der Waals surface area (Å²) in [5, 5.41) is 16.8. The van der Waals surface area contributed by atoms with Crippen molar-refractivity contribution < 1.29 is 9.59 Å². The van der Waals surface area contributed by atoms with Gasteiger partial charge in [0.25, 0.3) is 0 Å². The number of carbonyl (C=O) groups excluding carboxylic acids is 2. The van der Waals surface area contributed by atoms with Crippen molar-refractivity contribution in [2.24, 2.45) is 0 Å². The predicted octanol–water partition coefficient (Wildman–Crippen LogP) is 2.04. The average Bonchev–Trinajstić information content (AvgIpc) is 3.02. The molecule has 0 unspecified atom stereocenters. The van der Waals surface area contributed by atoms with Crippen LogP contribution in [0.3, 0.4) is 0 Å². The number of nitrogens with zero attached hydrogens (tertiary/aromatic N) is 2. The van der Waals surface area contributed by atoms with E-state index < -0.39 is 0 Å². The third kappa shape index (κ3) is 5.20. The molecule has 0 spiro atoms. The molecule has 0 atom stereocenters. The molecule has 2 aromatic rings. The first-order valence-electron chi connectivity index (χ1n) is 7.26. The summed E-state index contributed by atoms with van der Waals surface area (Å²) in [6, 6.07) is 5.80. The minimum atomic E-state index is -0.251. The zero-order valence-corrected chi connectivity index (χ0v) is 15.3. The second kappa shape index (κ2) is 8.65. The van der Waals surface area contributed by atoms with E-state index in [4.69, 9.17) is 0 Å². The molecule has 2 rings (SSSR count). The van der Waals surface area contributed by atoms with Gasteiger partial charge in [0.05, 0.1) is 12.3 Å². The minimum absolute atomic E-state index is 0.0644. The molecule has 24 heavy (non-hydrogen) atoms. The van der Waals surface area contributed by atoms with E-state index in [0.717, 1.165) is 16.8 Å². The number of amides is 2. The third-order valence-corrected chi connectivity index (χ3v) is 5.21. The molecule has 0 saturated heterocycles. The van der Waals surface area contributed by atoms with E-state index >= 15 is 0 Å². The number of benzene rings is 1. The molecule has 1 heterocycles. The van der Waals surface area contributed by atoms with Gasteiger partial charge in [-0.25, -0.2) is 0 Å². The Bertz CT molecular complexity index is 712. The van der Waals surface area contributed by atoms with E-state index in [1.54, 1.807) is 7.05 Å². The van der Waals surface area contributed by atoms with Gasteiger partial charge in [0, 0.05) is 12.7 Å². The first kappa shape index (κ1) is 18.2. The Morgan fingerprint density at radius 1 is 1.17 bits per heavy atom. The van der Waals surface area contributed by atoms with Crippen LogP contribution >= 0.6 is 23.1 Å². The molecule has 3 N–H and O–H groups in total.